The predicted octanol–water partition coefficient (Wildman–Crippen LogP) is 2.17. The van der Waals surface area contributed by atoms with Crippen LogP contribution in [0.4, 0.5) is 5.69 Å². The Kier molecular flexibility index (Phi) is 5.39. The molecule has 136 valence electrons. The number of nitrogens with zero attached hydrogens (tertiary/aromatic N) is 3. The van der Waals surface area contributed by atoms with Crippen molar-refractivity contribution in [2.45, 2.75) is 5.92 Å². The summed E-state index contributed by atoms with van der Waals surface area (Å²) in [6, 6.07) is 9.67. The largest absolute Gasteiger partial charge is 0.326 e. The summed E-state index contributed by atoms with van der Waals surface area (Å²) in [6.45, 7) is 1.46. The Morgan fingerprint density at radius 2 is 2.19 bits per heavy atom. The number of carbonyl (C=O) groups excluding carboxylic acids is 1. The molecule has 0 aliphatic carbocycles. The number of anilines is 1. The van der Waals surface area contributed by atoms with Crippen molar-refractivity contribution < 1.29 is 4.79 Å². The SMILES string of the molecule is Cl.Cn1cc([C@H]2CNC[C@@H]2C(=O)Nc2cccc(-c3ccn[nH]3)c2)cn1. The van der Waals surface area contributed by atoms with E-state index in [9.17, 15) is 4.79 Å². The first-order valence-corrected chi connectivity index (χ1v) is 8.30. The number of nitrogens with one attached hydrogen (secondary N) is 3. The average molecular weight is 373 g/mol. The number of carbonyl (C=O) groups is 1. The van der Waals surface area contributed by atoms with Crippen molar-refractivity contribution in [3.8, 4) is 11.3 Å². The highest BCUT2D eigenvalue weighted by atomic mass is 35.5. The van der Waals surface area contributed by atoms with E-state index >= 15 is 0 Å². The third-order valence-corrected chi connectivity index (χ3v) is 4.65. The van der Waals surface area contributed by atoms with Gasteiger partial charge in [0, 0.05) is 49.7 Å². The number of aryl methyl sites for hydroxylation is 1. The van der Waals surface area contributed by atoms with Crippen molar-refractivity contribution in [2.24, 2.45) is 13.0 Å². The van der Waals surface area contributed by atoms with E-state index in [-0.39, 0.29) is 30.2 Å². The van der Waals surface area contributed by atoms with Crippen LogP contribution in [0.2, 0.25) is 0 Å². The molecule has 4 rings (SSSR count). The molecule has 2 atom stereocenters. The summed E-state index contributed by atoms with van der Waals surface area (Å²) in [4.78, 5) is 12.8. The van der Waals surface area contributed by atoms with Gasteiger partial charge >= 0.3 is 0 Å². The van der Waals surface area contributed by atoms with Crippen molar-refractivity contribution in [3.05, 3.63) is 54.5 Å². The van der Waals surface area contributed by atoms with E-state index in [0.717, 1.165) is 29.1 Å². The molecule has 1 amide bonds. The van der Waals surface area contributed by atoms with Crippen molar-refractivity contribution >= 4 is 24.0 Å². The summed E-state index contributed by atoms with van der Waals surface area (Å²) in [5.41, 5.74) is 3.79. The Labute approximate surface area is 157 Å². The Bertz CT molecular complexity index is 875. The molecule has 1 aromatic carbocycles. The second kappa shape index (κ2) is 7.72. The first-order chi connectivity index (χ1) is 12.2. The normalized spacial score (nSPS) is 19.1. The summed E-state index contributed by atoms with van der Waals surface area (Å²) in [5, 5.41) is 17.5. The maximum absolute atomic E-state index is 12.8. The Morgan fingerprint density at radius 1 is 1.31 bits per heavy atom. The maximum Gasteiger partial charge on any atom is 0.229 e. The number of rotatable bonds is 4. The third-order valence-electron chi connectivity index (χ3n) is 4.65. The van der Waals surface area contributed by atoms with Gasteiger partial charge in [0.1, 0.15) is 0 Å². The summed E-state index contributed by atoms with van der Waals surface area (Å²) in [7, 11) is 1.89. The number of aromatic amines is 1. The van der Waals surface area contributed by atoms with Gasteiger partial charge in [0.05, 0.1) is 17.8 Å². The molecule has 3 heterocycles. The topological polar surface area (TPSA) is 87.6 Å². The second-order valence-electron chi connectivity index (χ2n) is 6.36. The first kappa shape index (κ1) is 18.2. The highest BCUT2D eigenvalue weighted by Gasteiger charge is 2.34. The second-order valence-corrected chi connectivity index (χ2v) is 6.36. The number of halogens is 1. The summed E-state index contributed by atoms with van der Waals surface area (Å²) in [5.74, 6) is 0.0603. The molecule has 3 aromatic rings. The molecule has 7 nitrogen and oxygen atoms in total. The molecular formula is C18H21ClN6O. The van der Waals surface area contributed by atoms with Crippen LogP contribution in [-0.2, 0) is 11.8 Å². The smallest absolute Gasteiger partial charge is 0.229 e. The average Bonchev–Trinajstić information content (AvgIpc) is 3.36. The monoisotopic (exact) mass is 372 g/mol. The molecule has 0 bridgehead atoms. The zero-order chi connectivity index (χ0) is 17.2. The molecule has 0 spiro atoms. The van der Waals surface area contributed by atoms with Crippen LogP contribution in [0.25, 0.3) is 11.3 Å². The van der Waals surface area contributed by atoms with Gasteiger partial charge in [-0.05, 0) is 23.8 Å². The van der Waals surface area contributed by atoms with E-state index in [1.165, 1.54) is 0 Å². The number of hydrogen-bond acceptors (Lipinski definition) is 4. The molecular weight excluding hydrogens is 352 g/mol. The van der Waals surface area contributed by atoms with Crippen molar-refractivity contribution in [3.63, 3.8) is 0 Å². The standard InChI is InChI=1S/C18H20N6O.ClH/c1-24-11-13(8-21-24)15-9-19-10-16(15)18(25)22-14-4-2-3-12(7-14)17-5-6-20-23-17;/h2-8,11,15-16,19H,9-10H2,1H3,(H,20,23)(H,22,25);1H/t15-,16+;/m1./s1. The lowest BCUT2D eigenvalue weighted by molar-refractivity contribution is -0.119. The zero-order valence-electron chi connectivity index (χ0n) is 14.3. The highest BCUT2D eigenvalue weighted by molar-refractivity contribution is 5.94. The zero-order valence-corrected chi connectivity index (χ0v) is 15.2. The van der Waals surface area contributed by atoms with Gasteiger partial charge in [0.2, 0.25) is 5.91 Å². The molecule has 0 saturated carbocycles. The summed E-state index contributed by atoms with van der Waals surface area (Å²) >= 11 is 0. The Hall–Kier alpha value is -2.64. The molecule has 3 N–H and O–H groups in total. The van der Waals surface area contributed by atoms with Gasteiger partial charge in [-0.25, -0.2) is 0 Å². The van der Waals surface area contributed by atoms with Crippen LogP contribution in [0.3, 0.4) is 0 Å². The van der Waals surface area contributed by atoms with E-state index in [4.69, 9.17) is 0 Å². The van der Waals surface area contributed by atoms with E-state index in [1.807, 2.05) is 49.8 Å². The van der Waals surface area contributed by atoms with Gasteiger partial charge in [0.15, 0.2) is 0 Å². The number of benzene rings is 1. The van der Waals surface area contributed by atoms with Gasteiger partial charge < -0.3 is 10.6 Å². The van der Waals surface area contributed by atoms with E-state index in [2.05, 4.69) is 25.9 Å². The number of hydrogen-bond donors (Lipinski definition) is 3. The molecule has 8 heteroatoms. The van der Waals surface area contributed by atoms with Gasteiger partial charge in [-0.2, -0.15) is 10.2 Å². The molecule has 0 radical (unpaired) electrons. The molecule has 1 aliphatic heterocycles. The van der Waals surface area contributed by atoms with Gasteiger partial charge in [-0.15, -0.1) is 12.4 Å². The van der Waals surface area contributed by atoms with Crippen LogP contribution in [0.1, 0.15) is 11.5 Å². The van der Waals surface area contributed by atoms with Gasteiger partial charge in [0.25, 0.3) is 0 Å². The molecule has 2 aromatic heterocycles. The van der Waals surface area contributed by atoms with Crippen LogP contribution in [0.5, 0.6) is 0 Å². The number of aromatic nitrogens is 4. The quantitative estimate of drug-likeness (QED) is 0.655. The van der Waals surface area contributed by atoms with Crippen LogP contribution in [0.15, 0.2) is 48.9 Å². The van der Waals surface area contributed by atoms with E-state index in [0.29, 0.717) is 6.54 Å². The lowest BCUT2D eigenvalue weighted by atomic mass is 9.90. The predicted molar refractivity (Wildman–Crippen MR) is 102 cm³/mol. The fourth-order valence-corrected chi connectivity index (χ4v) is 3.35. The highest BCUT2D eigenvalue weighted by Crippen LogP contribution is 2.29. The van der Waals surface area contributed by atoms with Crippen LogP contribution in [0, 0.1) is 5.92 Å². The summed E-state index contributed by atoms with van der Waals surface area (Å²) < 4.78 is 1.77. The molecule has 0 unspecified atom stereocenters. The molecule has 1 saturated heterocycles. The van der Waals surface area contributed by atoms with Gasteiger partial charge in [-0.1, -0.05) is 12.1 Å². The minimum Gasteiger partial charge on any atom is -0.326 e. The molecule has 1 aliphatic rings. The Balaban J connectivity index is 0.00000196. The van der Waals surface area contributed by atoms with Crippen molar-refractivity contribution in [1.29, 1.82) is 0 Å². The van der Waals surface area contributed by atoms with Crippen LogP contribution < -0.4 is 10.6 Å². The fraction of sp³-hybridized carbons (Fsp3) is 0.278. The van der Waals surface area contributed by atoms with Gasteiger partial charge in [-0.3, -0.25) is 14.6 Å². The van der Waals surface area contributed by atoms with E-state index < -0.39 is 0 Å². The van der Waals surface area contributed by atoms with Crippen LogP contribution >= 0.6 is 12.4 Å². The Morgan fingerprint density at radius 3 is 2.92 bits per heavy atom. The number of H-pyrrole nitrogens is 1. The van der Waals surface area contributed by atoms with Crippen molar-refractivity contribution in [1.82, 2.24) is 25.3 Å². The third kappa shape index (κ3) is 3.63. The maximum atomic E-state index is 12.8. The lowest BCUT2D eigenvalue weighted by Crippen LogP contribution is -2.28. The lowest BCUT2D eigenvalue weighted by Gasteiger charge is -2.17. The summed E-state index contributed by atoms with van der Waals surface area (Å²) in [6.07, 6.45) is 5.54. The van der Waals surface area contributed by atoms with Crippen molar-refractivity contribution in [2.75, 3.05) is 18.4 Å². The minimum absolute atomic E-state index is 0. The number of amides is 1. The molecule has 26 heavy (non-hydrogen) atoms. The minimum atomic E-state index is -0.111. The first-order valence-electron chi connectivity index (χ1n) is 8.30. The van der Waals surface area contributed by atoms with Crippen LogP contribution in [-0.4, -0.2) is 39.0 Å². The van der Waals surface area contributed by atoms with E-state index in [1.54, 1.807) is 10.9 Å². The fourth-order valence-electron chi connectivity index (χ4n) is 3.35. The molecule has 1 fully saturated rings.